The average Bonchev–Trinajstić information content (AvgIpc) is 2.76. The summed E-state index contributed by atoms with van der Waals surface area (Å²) >= 11 is 9.75. The van der Waals surface area contributed by atoms with Crippen LogP contribution in [0.2, 0.25) is 0 Å². The highest BCUT2D eigenvalue weighted by molar-refractivity contribution is 9.10. The second kappa shape index (κ2) is 7.41. The molecule has 1 atom stereocenters. The van der Waals surface area contributed by atoms with E-state index in [1.807, 2.05) is 23.7 Å². The number of alkyl halides is 1. The SMILES string of the molecule is CCn1nc(C)c(Br)c1CC(CCl)Cc1ccc(F)cc1. The molecule has 0 radical (unpaired) electrons. The van der Waals surface area contributed by atoms with Crippen LogP contribution in [0, 0.1) is 18.7 Å². The maximum atomic E-state index is 13.0. The van der Waals surface area contributed by atoms with Crippen LogP contribution in [0.5, 0.6) is 0 Å². The van der Waals surface area contributed by atoms with Crippen molar-refractivity contribution in [1.29, 1.82) is 0 Å². The molecule has 1 aromatic heterocycles. The summed E-state index contributed by atoms with van der Waals surface area (Å²) in [6.07, 6.45) is 1.69. The Kier molecular flexibility index (Phi) is 5.82. The van der Waals surface area contributed by atoms with Crippen LogP contribution >= 0.6 is 27.5 Å². The number of benzene rings is 1. The van der Waals surface area contributed by atoms with Gasteiger partial charge in [0.1, 0.15) is 5.82 Å². The Morgan fingerprint density at radius 1 is 1.29 bits per heavy atom. The number of nitrogens with zero attached hydrogens (tertiary/aromatic N) is 2. The molecular weight excluding hydrogens is 355 g/mol. The molecule has 2 nitrogen and oxygen atoms in total. The molecule has 21 heavy (non-hydrogen) atoms. The third-order valence-corrected chi connectivity index (χ3v) is 5.06. The standard InChI is InChI=1S/C16H19BrClFN2/c1-3-21-15(16(17)11(2)20-21)9-13(10-18)8-12-4-6-14(19)7-5-12/h4-7,13H,3,8-10H2,1-2H3. The fraction of sp³-hybridized carbons (Fsp3) is 0.438. The third kappa shape index (κ3) is 4.07. The fourth-order valence-electron chi connectivity index (χ4n) is 2.47. The van der Waals surface area contributed by atoms with Gasteiger partial charge in [0.25, 0.3) is 0 Å². The van der Waals surface area contributed by atoms with E-state index in [1.165, 1.54) is 17.8 Å². The van der Waals surface area contributed by atoms with E-state index >= 15 is 0 Å². The van der Waals surface area contributed by atoms with Crippen LogP contribution in [0.1, 0.15) is 23.9 Å². The van der Waals surface area contributed by atoms with Gasteiger partial charge in [0.2, 0.25) is 0 Å². The van der Waals surface area contributed by atoms with Crippen molar-refractivity contribution in [1.82, 2.24) is 9.78 Å². The van der Waals surface area contributed by atoms with E-state index in [-0.39, 0.29) is 5.82 Å². The van der Waals surface area contributed by atoms with Crippen LogP contribution in [0.4, 0.5) is 4.39 Å². The summed E-state index contributed by atoms with van der Waals surface area (Å²) in [5, 5.41) is 4.51. The zero-order valence-corrected chi connectivity index (χ0v) is 14.6. The Morgan fingerprint density at radius 3 is 2.52 bits per heavy atom. The van der Waals surface area contributed by atoms with E-state index in [4.69, 9.17) is 11.6 Å². The van der Waals surface area contributed by atoms with Crippen LogP contribution < -0.4 is 0 Å². The van der Waals surface area contributed by atoms with Gasteiger partial charge in [0.15, 0.2) is 0 Å². The van der Waals surface area contributed by atoms with Gasteiger partial charge >= 0.3 is 0 Å². The predicted molar refractivity (Wildman–Crippen MR) is 88.4 cm³/mol. The van der Waals surface area contributed by atoms with Gasteiger partial charge in [0, 0.05) is 12.4 Å². The topological polar surface area (TPSA) is 17.8 Å². The summed E-state index contributed by atoms with van der Waals surface area (Å²) in [6, 6.07) is 6.65. The summed E-state index contributed by atoms with van der Waals surface area (Å²) in [4.78, 5) is 0. The molecule has 2 rings (SSSR count). The van der Waals surface area contributed by atoms with Crippen LogP contribution in [0.25, 0.3) is 0 Å². The Hall–Kier alpha value is -0.870. The summed E-state index contributed by atoms with van der Waals surface area (Å²) < 4.78 is 16.0. The molecule has 1 heterocycles. The maximum Gasteiger partial charge on any atom is 0.123 e. The molecule has 5 heteroatoms. The van der Waals surface area contributed by atoms with Crippen molar-refractivity contribution in [3.05, 3.63) is 51.5 Å². The lowest BCUT2D eigenvalue weighted by Gasteiger charge is -2.15. The first-order valence-electron chi connectivity index (χ1n) is 7.07. The Morgan fingerprint density at radius 2 is 1.95 bits per heavy atom. The number of halogens is 3. The minimum Gasteiger partial charge on any atom is -0.268 e. The van der Waals surface area contributed by atoms with Crippen molar-refractivity contribution >= 4 is 27.5 Å². The Bertz CT molecular complexity index is 595. The Balaban J connectivity index is 2.14. The quantitative estimate of drug-likeness (QED) is 0.668. The second-order valence-electron chi connectivity index (χ2n) is 5.22. The van der Waals surface area contributed by atoms with Gasteiger partial charge < -0.3 is 0 Å². The second-order valence-corrected chi connectivity index (χ2v) is 6.32. The highest BCUT2D eigenvalue weighted by atomic mass is 79.9. The monoisotopic (exact) mass is 372 g/mol. The molecule has 0 amide bonds. The molecule has 0 aliphatic rings. The van der Waals surface area contributed by atoms with E-state index in [2.05, 4.69) is 28.0 Å². The van der Waals surface area contributed by atoms with E-state index in [0.29, 0.717) is 11.8 Å². The van der Waals surface area contributed by atoms with Crippen molar-refractivity contribution in [3.8, 4) is 0 Å². The molecule has 2 aromatic rings. The zero-order valence-electron chi connectivity index (χ0n) is 12.2. The summed E-state index contributed by atoms with van der Waals surface area (Å²) in [6.45, 7) is 4.92. The smallest absolute Gasteiger partial charge is 0.123 e. The van der Waals surface area contributed by atoms with E-state index in [0.717, 1.165) is 35.1 Å². The number of aryl methyl sites for hydroxylation is 2. The molecule has 0 spiro atoms. The molecule has 0 bridgehead atoms. The molecule has 0 aliphatic heterocycles. The first-order chi connectivity index (χ1) is 10.0. The maximum absolute atomic E-state index is 13.0. The van der Waals surface area contributed by atoms with Crippen LogP contribution in [-0.2, 0) is 19.4 Å². The van der Waals surface area contributed by atoms with Gasteiger partial charge in [-0.2, -0.15) is 5.10 Å². The molecule has 0 N–H and O–H groups in total. The third-order valence-electron chi connectivity index (χ3n) is 3.59. The molecule has 0 saturated carbocycles. The first-order valence-corrected chi connectivity index (χ1v) is 8.40. The van der Waals surface area contributed by atoms with Crippen molar-refractivity contribution in [2.24, 2.45) is 5.92 Å². The van der Waals surface area contributed by atoms with Gasteiger partial charge in [0.05, 0.1) is 15.9 Å². The largest absolute Gasteiger partial charge is 0.268 e. The van der Waals surface area contributed by atoms with E-state index in [9.17, 15) is 4.39 Å². The van der Waals surface area contributed by atoms with Crippen molar-refractivity contribution < 1.29 is 4.39 Å². The summed E-state index contributed by atoms with van der Waals surface area (Å²) in [7, 11) is 0. The number of hydrogen-bond acceptors (Lipinski definition) is 1. The molecule has 114 valence electrons. The van der Waals surface area contributed by atoms with Gasteiger partial charge in [-0.1, -0.05) is 12.1 Å². The van der Waals surface area contributed by atoms with Gasteiger partial charge in [-0.15, -0.1) is 11.6 Å². The highest BCUT2D eigenvalue weighted by Crippen LogP contribution is 2.25. The number of rotatable bonds is 6. The van der Waals surface area contributed by atoms with Crippen molar-refractivity contribution in [2.75, 3.05) is 5.88 Å². The van der Waals surface area contributed by atoms with Crippen LogP contribution in [-0.4, -0.2) is 15.7 Å². The van der Waals surface area contributed by atoms with Crippen LogP contribution in [0.15, 0.2) is 28.7 Å². The Labute approximate surface area is 138 Å². The zero-order chi connectivity index (χ0) is 15.4. The molecular formula is C16H19BrClFN2. The normalized spacial score (nSPS) is 12.6. The van der Waals surface area contributed by atoms with E-state index in [1.54, 1.807) is 0 Å². The molecule has 1 unspecified atom stereocenters. The molecule has 0 aliphatic carbocycles. The predicted octanol–water partition coefficient (Wildman–Crippen LogP) is 4.75. The minimum atomic E-state index is -0.205. The van der Waals surface area contributed by atoms with Crippen LogP contribution in [0.3, 0.4) is 0 Å². The van der Waals surface area contributed by atoms with Gasteiger partial charge in [-0.3, -0.25) is 4.68 Å². The average molecular weight is 374 g/mol. The fourth-order valence-corrected chi connectivity index (χ4v) is 3.14. The summed E-state index contributed by atoms with van der Waals surface area (Å²) in [5.74, 6) is 0.663. The lowest BCUT2D eigenvalue weighted by atomic mass is 9.96. The highest BCUT2D eigenvalue weighted by Gasteiger charge is 2.17. The summed E-state index contributed by atoms with van der Waals surface area (Å²) in [5.41, 5.74) is 3.29. The molecule has 0 fully saturated rings. The molecule has 0 saturated heterocycles. The van der Waals surface area contributed by atoms with Gasteiger partial charge in [-0.05, 0) is 66.2 Å². The lowest BCUT2D eigenvalue weighted by Crippen LogP contribution is -2.14. The van der Waals surface area contributed by atoms with Crippen molar-refractivity contribution in [2.45, 2.75) is 33.2 Å². The number of hydrogen-bond donors (Lipinski definition) is 0. The number of aromatic nitrogens is 2. The van der Waals surface area contributed by atoms with Gasteiger partial charge in [-0.25, -0.2) is 4.39 Å². The molecule has 1 aromatic carbocycles. The lowest BCUT2D eigenvalue weighted by molar-refractivity contribution is 0.530. The first kappa shape index (κ1) is 16.5. The van der Waals surface area contributed by atoms with E-state index < -0.39 is 0 Å². The minimum absolute atomic E-state index is 0.205. The van der Waals surface area contributed by atoms with Crippen molar-refractivity contribution in [3.63, 3.8) is 0 Å².